The van der Waals surface area contributed by atoms with Gasteiger partial charge in [0.2, 0.25) is 0 Å². The number of rotatable bonds is 6. The SMILES string of the molecule is O=C(NC1CCCC1)N[C@](Cc1ccccc1)(c1ccc(Cl)cn1)c1cccc2c1OC(F)(F)O2. The lowest BCUT2D eigenvalue weighted by molar-refractivity contribution is -0.287. The molecular weight excluding hydrogens is 476 g/mol. The van der Waals surface area contributed by atoms with E-state index >= 15 is 0 Å². The fourth-order valence-corrected chi connectivity index (χ4v) is 4.93. The van der Waals surface area contributed by atoms with Crippen molar-refractivity contribution in [2.24, 2.45) is 0 Å². The number of aromatic nitrogens is 1. The van der Waals surface area contributed by atoms with Crippen LogP contribution in [0.3, 0.4) is 0 Å². The fraction of sp³-hybridized carbons (Fsp3) is 0.308. The second-order valence-electron chi connectivity index (χ2n) is 8.81. The molecule has 1 saturated carbocycles. The summed E-state index contributed by atoms with van der Waals surface area (Å²) in [6, 6.07) is 17.0. The van der Waals surface area contributed by atoms with Crippen molar-refractivity contribution in [3.05, 3.63) is 88.7 Å². The van der Waals surface area contributed by atoms with Crippen molar-refractivity contribution >= 4 is 17.6 Å². The number of hydrogen-bond acceptors (Lipinski definition) is 4. The van der Waals surface area contributed by atoms with Crippen molar-refractivity contribution in [1.82, 2.24) is 15.6 Å². The normalized spacial score (nSPS) is 18.1. The Bertz CT molecular complexity index is 1200. The summed E-state index contributed by atoms with van der Waals surface area (Å²) < 4.78 is 38.0. The quantitative estimate of drug-likeness (QED) is 0.450. The van der Waals surface area contributed by atoms with Gasteiger partial charge in [-0.05, 0) is 36.6 Å². The first kappa shape index (κ1) is 23.4. The van der Waals surface area contributed by atoms with Gasteiger partial charge in [0.15, 0.2) is 11.5 Å². The van der Waals surface area contributed by atoms with Gasteiger partial charge < -0.3 is 20.1 Å². The lowest BCUT2D eigenvalue weighted by Crippen LogP contribution is -2.54. The minimum Gasteiger partial charge on any atom is -0.395 e. The maximum atomic E-state index is 14.1. The molecule has 0 bridgehead atoms. The van der Waals surface area contributed by atoms with E-state index in [-0.39, 0.29) is 24.0 Å². The second kappa shape index (κ2) is 9.34. The van der Waals surface area contributed by atoms with Crippen molar-refractivity contribution in [3.8, 4) is 11.5 Å². The summed E-state index contributed by atoms with van der Waals surface area (Å²) in [5.74, 6) is -0.261. The van der Waals surface area contributed by atoms with E-state index in [4.69, 9.17) is 21.1 Å². The maximum Gasteiger partial charge on any atom is 0.586 e. The maximum absolute atomic E-state index is 14.1. The molecule has 1 aliphatic carbocycles. The first-order valence-corrected chi connectivity index (χ1v) is 11.9. The van der Waals surface area contributed by atoms with Crippen LogP contribution in [0.1, 0.15) is 42.5 Å². The lowest BCUT2D eigenvalue weighted by atomic mass is 9.80. The number of carbonyl (C=O) groups is 1. The predicted molar refractivity (Wildman–Crippen MR) is 127 cm³/mol. The van der Waals surface area contributed by atoms with Crippen LogP contribution in [0.4, 0.5) is 13.6 Å². The Kier molecular flexibility index (Phi) is 6.23. The van der Waals surface area contributed by atoms with Crippen LogP contribution in [0.25, 0.3) is 0 Å². The molecule has 1 atom stereocenters. The third-order valence-corrected chi connectivity index (χ3v) is 6.61. The molecule has 6 nitrogen and oxygen atoms in total. The van der Waals surface area contributed by atoms with E-state index in [1.165, 1.54) is 12.3 Å². The Morgan fingerprint density at radius 2 is 1.83 bits per heavy atom. The van der Waals surface area contributed by atoms with E-state index in [9.17, 15) is 13.6 Å². The molecule has 2 heterocycles. The van der Waals surface area contributed by atoms with Gasteiger partial charge in [0.1, 0.15) is 5.54 Å². The zero-order valence-corrected chi connectivity index (χ0v) is 19.5. The number of fused-ring (bicyclic) bond motifs is 1. The lowest BCUT2D eigenvalue weighted by Gasteiger charge is -2.36. The molecule has 35 heavy (non-hydrogen) atoms. The van der Waals surface area contributed by atoms with E-state index in [2.05, 4.69) is 15.6 Å². The molecule has 9 heteroatoms. The van der Waals surface area contributed by atoms with Gasteiger partial charge in [0.25, 0.3) is 0 Å². The molecule has 1 aliphatic heterocycles. The van der Waals surface area contributed by atoms with E-state index in [1.807, 2.05) is 30.3 Å². The van der Waals surface area contributed by atoms with Gasteiger partial charge in [-0.1, -0.05) is 66.9 Å². The van der Waals surface area contributed by atoms with Crippen molar-refractivity contribution in [3.63, 3.8) is 0 Å². The average Bonchev–Trinajstić information content (AvgIpc) is 3.45. The van der Waals surface area contributed by atoms with Crippen molar-refractivity contribution < 1.29 is 23.0 Å². The zero-order valence-electron chi connectivity index (χ0n) is 18.8. The van der Waals surface area contributed by atoms with E-state index in [1.54, 1.807) is 24.3 Å². The van der Waals surface area contributed by atoms with Crippen molar-refractivity contribution in [2.45, 2.75) is 50.0 Å². The summed E-state index contributed by atoms with van der Waals surface area (Å²) >= 11 is 6.11. The van der Waals surface area contributed by atoms with Crippen LogP contribution in [0.5, 0.6) is 11.5 Å². The van der Waals surface area contributed by atoms with E-state index in [0.29, 0.717) is 16.3 Å². The van der Waals surface area contributed by atoms with Crippen LogP contribution in [0.2, 0.25) is 5.02 Å². The molecule has 2 aromatic carbocycles. The number of halogens is 3. The number of ether oxygens (including phenoxy) is 2. The number of amides is 2. The Balaban J connectivity index is 1.66. The molecular formula is C26H24ClF2N3O3. The van der Waals surface area contributed by atoms with Gasteiger partial charge in [0.05, 0.1) is 10.7 Å². The standard InChI is InChI=1S/C26H24ClF2N3O3/c27-18-13-14-22(30-16-18)25(15-17-7-2-1-3-8-17,32-24(33)31-19-9-4-5-10-19)20-11-6-12-21-23(20)35-26(28,29)34-21/h1-3,6-8,11-14,16,19H,4-5,9-10,15H2,(H2,31,32,33)/t25-/m0/s1. The predicted octanol–water partition coefficient (Wildman–Crippen LogP) is 5.78. The number of pyridine rings is 1. The highest BCUT2D eigenvalue weighted by atomic mass is 35.5. The molecule has 2 N–H and O–H groups in total. The number of nitrogens with one attached hydrogen (secondary N) is 2. The number of alkyl halides is 2. The summed E-state index contributed by atoms with van der Waals surface area (Å²) in [7, 11) is 0. The minimum atomic E-state index is -3.82. The van der Waals surface area contributed by atoms with Gasteiger partial charge in [-0.3, -0.25) is 4.98 Å². The summed E-state index contributed by atoms with van der Waals surface area (Å²) in [5.41, 5.74) is 0.199. The topological polar surface area (TPSA) is 72.5 Å². The number of nitrogens with zero attached hydrogens (tertiary/aromatic N) is 1. The summed E-state index contributed by atoms with van der Waals surface area (Å²) in [6.45, 7) is 0. The molecule has 1 aromatic heterocycles. The van der Waals surface area contributed by atoms with Crippen molar-refractivity contribution in [1.29, 1.82) is 0 Å². The third-order valence-electron chi connectivity index (χ3n) is 6.38. The van der Waals surface area contributed by atoms with E-state index in [0.717, 1.165) is 31.2 Å². The summed E-state index contributed by atoms with van der Waals surface area (Å²) in [5, 5.41) is 6.51. The molecule has 0 spiro atoms. The Morgan fingerprint density at radius 3 is 2.54 bits per heavy atom. The monoisotopic (exact) mass is 499 g/mol. The van der Waals surface area contributed by atoms with Gasteiger partial charge in [0, 0.05) is 24.2 Å². The van der Waals surface area contributed by atoms with Gasteiger partial charge in [-0.2, -0.15) is 0 Å². The fourth-order valence-electron chi connectivity index (χ4n) is 4.82. The molecule has 182 valence electrons. The van der Waals surface area contributed by atoms with Crippen LogP contribution < -0.4 is 20.1 Å². The van der Waals surface area contributed by atoms with Crippen LogP contribution in [0, 0.1) is 0 Å². The Labute approximate surface area is 206 Å². The van der Waals surface area contributed by atoms with Gasteiger partial charge in [-0.15, -0.1) is 8.78 Å². The highest BCUT2D eigenvalue weighted by Crippen LogP contribution is 2.48. The van der Waals surface area contributed by atoms with Gasteiger partial charge >= 0.3 is 12.3 Å². The first-order chi connectivity index (χ1) is 16.8. The van der Waals surface area contributed by atoms with E-state index < -0.39 is 17.9 Å². The highest BCUT2D eigenvalue weighted by Gasteiger charge is 2.49. The zero-order chi connectivity index (χ0) is 24.5. The summed E-state index contributed by atoms with van der Waals surface area (Å²) in [6.07, 6.45) is 1.73. The van der Waals surface area contributed by atoms with Crippen molar-refractivity contribution in [2.75, 3.05) is 0 Å². The number of benzene rings is 2. The van der Waals surface area contributed by atoms with Gasteiger partial charge in [-0.25, -0.2) is 4.79 Å². The van der Waals surface area contributed by atoms with Crippen LogP contribution in [-0.2, 0) is 12.0 Å². The molecule has 3 aromatic rings. The number of carbonyl (C=O) groups excluding carboxylic acids is 1. The van der Waals surface area contributed by atoms with Crippen LogP contribution >= 0.6 is 11.6 Å². The third kappa shape index (κ3) is 4.89. The molecule has 0 unspecified atom stereocenters. The molecule has 5 rings (SSSR count). The highest BCUT2D eigenvalue weighted by molar-refractivity contribution is 6.30. The second-order valence-corrected chi connectivity index (χ2v) is 9.25. The number of hydrogen-bond donors (Lipinski definition) is 2. The summed E-state index contributed by atoms with van der Waals surface area (Å²) in [4.78, 5) is 17.9. The molecule has 2 amide bonds. The molecule has 2 aliphatic rings. The number of urea groups is 1. The first-order valence-electron chi connectivity index (χ1n) is 11.5. The molecule has 0 radical (unpaired) electrons. The average molecular weight is 500 g/mol. The Morgan fingerprint density at radius 1 is 1.06 bits per heavy atom. The smallest absolute Gasteiger partial charge is 0.395 e. The molecule has 0 saturated heterocycles. The Hall–Kier alpha value is -3.39. The molecule has 1 fully saturated rings. The minimum absolute atomic E-state index is 0.0491. The number of para-hydroxylation sites is 1. The largest absolute Gasteiger partial charge is 0.586 e. The van der Waals surface area contributed by atoms with Crippen LogP contribution in [-0.4, -0.2) is 23.4 Å². The van der Waals surface area contributed by atoms with Crippen LogP contribution in [0.15, 0.2) is 66.9 Å².